The summed E-state index contributed by atoms with van der Waals surface area (Å²) in [5.41, 5.74) is 1.38. The molecule has 56 valence electrons. The minimum atomic E-state index is 0.752. The lowest BCUT2D eigenvalue weighted by atomic mass is 10.2. The van der Waals surface area contributed by atoms with E-state index in [2.05, 4.69) is 27.4 Å². The highest BCUT2D eigenvalue weighted by molar-refractivity contribution is 9.11. The maximum atomic E-state index is 5.56. The van der Waals surface area contributed by atoms with E-state index in [9.17, 15) is 0 Å². The van der Waals surface area contributed by atoms with Crippen LogP contribution in [-0.2, 0) is 6.42 Å². The van der Waals surface area contributed by atoms with Crippen LogP contribution in [0.2, 0.25) is 0 Å². The van der Waals surface area contributed by atoms with Gasteiger partial charge in [-0.05, 0) is 45.8 Å². The second-order valence-electron chi connectivity index (χ2n) is 2.01. The zero-order chi connectivity index (χ0) is 7.40. The monoisotopic (exact) mass is 238 g/mol. The molecule has 0 radical (unpaired) electrons. The van der Waals surface area contributed by atoms with Gasteiger partial charge >= 0.3 is 0 Å². The number of aryl methyl sites for hydroxylation is 1. The zero-order valence-electron chi connectivity index (χ0n) is 5.44. The van der Waals surface area contributed by atoms with Crippen molar-refractivity contribution < 1.29 is 0 Å². The number of hydrogen-bond acceptors (Lipinski definition) is 1. The summed E-state index contributed by atoms with van der Waals surface area (Å²) in [4.78, 5) is 0. The van der Waals surface area contributed by atoms with E-state index >= 15 is 0 Å². The number of hydrogen-bond donors (Lipinski definition) is 0. The van der Waals surface area contributed by atoms with E-state index in [0.29, 0.717) is 0 Å². The second kappa shape index (κ2) is 4.37. The quantitative estimate of drug-likeness (QED) is 0.706. The van der Waals surface area contributed by atoms with Crippen molar-refractivity contribution in [1.29, 1.82) is 0 Å². The van der Waals surface area contributed by atoms with Crippen LogP contribution < -0.4 is 0 Å². The molecule has 10 heavy (non-hydrogen) atoms. The fourth-order valence-electron chi connectivity index (χ4n) is 0.756. The molecule has 0 saturated carbocycles. The fourth-order valence-corrected chi connectivity index (χ4v) is 2.22. The van der Waals surface area contributed by atoms with Crippen molar-refractivity contribution in [1.82, 2.24) is 0 Å². The molecule has 0 aliphatic carbocycles. The van der Waals surface area contributed by atoms with Gasteiger partial charge in [0.1, 0.15) is 0 Å². The van der Waals surface area contributed by atoms with E-state index in [4.69, 9.17) is 11.6 Å². The highest BCUT2D eigenvalue weighted by Gasteiger charge is 1.98. The molecule has 0 spiro atoms. The van der Waals surface area contributed by atoms with Gasteiger partial charge in [0.2, 0.25) is 0 Å². The largest absolute Gasteiger partial charge is 0.137 e. The minimum Gasteiger partial charge on any atom is -0.137 e. The molecule has 0 fully saturated rings. The lowest BCUT2D eigenvalue weighted by molar-refractivity contribution is 0.930. The molecule has 0 nitrogen and oxygen atoms in total. The van der Waals surface area contributed by atoms with Crippen LogP contribution in [0.3, 0.4) is 0 Å². The van der Waals surface area contributed by atoms with E-state index in [1.807, 2.05) is 0 Å². The minimum absolute atomic E-state index is 0.752. The molecule has 1 heterocycles. The molecule has 0 bridgehead atoms. The molecular formula is C7H8BrClS. The molecule has 0 amide bonds. The Kier molecular flexibility index (Phi) is 3.74. The van der Waals surface area contributed by atoms with Gasteiger partial charge in [0.25, 0.3) is 0 Å². The lowest BCUT2D eigenvalue weighted by Gasteiger charge is -1.93. The first-order valence-electron chi connectivity index (χ1n) is 3.12. The summed E-state index contributed by atoms with van der Waals surface area (Å²) in [6, 6.07) is 2.14. The van der Waals surface area contributed by atoms with Crippen LogP contribution in [0.4, 0.5) is 0 Å². The van der Waals surface area contributed by atoms with Crippen LogP contribution in [0.15, 0.2) is 15.2 Å². The first-order valence-corrected chi connectivity index (χ1v) is 5.33. The molecule has 0 unspecified atom stereocenters. The van der Waals surface area contributed by atoms with Crippen molar-refractivity contribution in [3.63, 3.8) is 0 Å². The van der Waals surface area contributed by atoms with E-state index in [1.54, 1.807) is 11.3 Å². The van der Waals surface area contributed by atoms with Gasteiger partial charge in [-0.25, -0.2) is 0 Å². The Morgan fingerprint density at radius 1 is 1.60 bits per heavy atom. The number of alkyl halides is 1. The third kappa shape index (κ3) is 2.26. The molecule has 1 aromatic rings. The molecule has 1 aromatic heterocycles. The predicted molar refractivity (Wildman–Crippen MR) is 51.1 cm³/mol. The van der Waals surface area contributed by atoms with Gasteiger partial charge in [0, 0.05) is 5.88 Å². The maximum Gasteiger partial charge on any atom is 0.0730 e. The first-order chi connectivity index (χ1) is 4.84. The Morgan fingerprint density at radius 2 is 2.40 bits per heavy atom. The smallest absolute Gasteiger partial charge is 0.0730 e. The third-order valence-corrected chi connectivity index (χ3v) is 3.35. The molecule has 0 aliphatic rings. The standard InChI is InChI=1S/C7H8BrClS/c8-7-6(2-1-4-9)3-5-10-7/h3,5H,1-2,4H2. The van der Waals surface area contributed by atoms with E-state index in [0.717, 1.165) is 18.7 Å². The topological polar surface area (TPSA) is 0 Å². The van der Waals surface area contributed by atoms with Gasteiger partial charge in [0.05, 0.1) is 3.79 Å². The number of thiophene rings is 1. The zero-order valence-corrected chi connectivity index (χ0v) is 8.60. The van der Waals surface area contributed by atoms with Crippen molar-refractivity contribution in [3.8, 4) is 0 Å². The normalized spacial score (nSPS) is 10.2. The van der Waals surface area contributed by atoms with Gasteiger partial charge in [-0.15, -0.1) is 22.9 Å². The average molecular weight is 240 g/mol. The number of rotatable bonds is 3. The van der Waals surface area contributed by atoms with Gasteiger partial charge in [-0.2, -0.15) is 0 Å². The SMILES string of the molecule is ClCCCc1ccsc1Br. The van der Waals surface area contributed by atoms with Crippen LogP contribution in [0.5, 0.6) is 0 Å². The van der Waals surface area contributed by atoms with Gasteiger partial charge < -0.3 is 0 Å². The Labute approximate surface area is 78.3 Å². The van der Waals surface area contributed by atoms with Gasteiger partial charge in [0.15, 0.2) is 0 Å². The molecule has 1 rings (SSSR count). The van der Waals surface area contributed by atoms with Crippen molar-refractivity contribution in [3.05, 3.63) is 20.8 Å². The molecule has 0 saturated heterocycles. The Bertz CT molecular complexity index is 197. The van der Waals surface area contributed by atoms with Crippen LogP contribution in [-0.4, -0.2) is 5.88 Å². The average Bonchev–Trinajstić information content (AvgIpc) is 2.31. The predicted octanol–water partition coefficient (Wildman–Crippen LogP) is 3.68. The van der Waals surface area contributed by atoms with Crippen LogP contribution in [0, 0.1) is 0 Å². The summed E-state index contributed by atoms with van der Waals surface area (Å²) in [5.74, 6) is 0.752. The van der Waals surface area contributed by atoms with Crippen molar-refractivity contribution in [2.24, 2.45) is 0 Å². The molecule has 0 aromatic carbocycles. The van der Waals surface area contributed by atoms with Crippen molar-refractivity contribution in [2.45, 2.75) is 12.8 Å². The summed E-state index contributed by atoms with van der Waals surface area (Å²) in [5, 5.41) is 2.09. The van der Waals surface area contributed by atoms with Gasteiger partial charge in [-0.1, -0.05) is 0 Å². The van der Waals surface area contributed by atoms with Gasteiger partial charge in [-0.3, -0.25) is 0 Å². The summed E-state index contributed by atoms with van der Waals surface area (Å²) in [7, 11) is 0. The maximum absolute atomic E-state index is 5.56. The fraction of sp³-hybridized carbons (Fsp3) is 0.429. The highest BCUT2D eigenvalue weighted by Crippen LogP contribution is 2.24. The first kappa shape index (κ1) is 8.57. The Hall–Kier alpha value is 0.470. The summed E-state index contributed by atoms with van der Waals surface area (Å²) >= 11 is 10.8. The second-order valence-corrected chi connectivity index (χ2v) is 4.62. The Morgan fingerprint density at radius 3 is 2.90 bits per heavy atom. The summed E-state index contributed by atoms with van der Waals surface area (Å²) in [6.07, 6.45) is 2.16. The van der Waals surface area contributed by atoms with Crippen LogP contribution in [0.1, 0.15) is 12.0 Å². The highest BCUT2D eigenvalue weighted by atomic mass is 79.9. The summed E-state index contributed by atoms with van der Waals surface area (Å²) < 4.78 is 1.25. The molecule has 0 atom stereocenters. The van der Waals surface area contributed by atoms with E-state index < -0.39 is 0 Å². The van der Waals surface area contributed by atoms with E-state index in [-0.39, 0.29) is 0 Å². The molecule has 0 N–H and O–H groups in total. The van der Waals surface area contributed by atoms with Crippen LogP contribution in [0.25, 0.3) is 0 Å². The Balaban J connectivity index is 2.49. The lowest BCUT2D eigenvalue weighted by Crippen LogP contribution is -1.82. The molecular weight excluding hydrogens is 232 g/mol. The van der Waals surface area contributed by atoms with E-state index in [1.165, 1.54) is 9.35 Å². The summed E-state index contributed by atoms with van der Waals surface area (Å²) in [6.45, 7) is 0. The molecule has 0 aliphatic heterocycles. The van der Waals surface area contributed by atoms with Crippen molar-refractivity contribution in [2.75, 3.05) is 5.88 Å². The van der Waals surface area contributed by atoms with Crippen molar-refractivity contribution >= 4 is 38.9 Å². The van der Waals surface area contributed by atoms with Crippen LogP contribution >= 0.6 is 38.9 Å². The number of halogens is 2. The molecule has 3 heteroatoms. The third-order valence-electron chi connectivity index (χ3n) is 1.27.